The highest BCUT2D eigenvalue weighted by atomic mass is 15.2. The van der Waals surface area contributed by atoms with Crippen LogP contribution < -0.4 is 15.5 Å². The summed E-state index contributed by atoms with van der Waals surface area (Å²) < 4.78 is 0. The number of rotatable bonds is 9. The van der Waals surface area contributed by atoms with Crippen molar-refractivity contribution >= 4 is 22.7 Å². The Bertz CT molecular complexity index is 936. The van der Waals surface area contributed by atoms with E-state index in [1.165, 1.54) is 24.0 Å². The number of para-hydroxylation sites is 1. The summed E-state index contributed by atoms with van der Waals surface area (Å²) in [6.45, 7) is 10.0. The first-order valence-corrected chi connectivity index (χ1v) is 11.4. The minimum absolute atomic E-state index is 0.441. The first-order chi connectivity index (χ1) is 15.0. The van der Waals surface area contributed by atoms with E-state index in [0.29, 0.717) is 6.04 Å². The van der Waals surface area contributed by atoms with Crippen LogP contribution >= 0.6 is 0 Å². The van der Waals surface area contributed by atoms with Crippen molar-refractivity contribution in [3.05, 3.63) is 60.2 Å². The topological polar surface area (TPSA) is 53.1 Å². The number of nitrogens with one attached hydrogen (secondary N) is 2. The fraction of sp³-hybridized carbons (Fsp3) is 0.462. The molecule has 2 aromatic rings. The molecule has 1 heterocycles. The smallest absolute Gasteiger partial charge is 0.225 e. The van der Waals surface area contributed by atoms with E-state index in [2.05, 4.69) is 60.2 Å². The molecule has 2 N–H and O–H groups in total. The number of hydrogen-bond donors (Lipinski definition) is 2. The van der Waals surface area contributed by atoms with Crippen LogP contribution in [0.3, 0.4) is 0 Å². The van der Waals surface area contributed by atoms with Gasteiger partial charge in [-0.05, 0) is 69.7 Å². The fourth-order valence-corrected chi connectivity index (χ4v) is 4.17. The summed E-state index contributed by atoms with van der Waals surface area (Å²) >= 11 is 0. The number of anilines is 2. The lowest BCUT2D eigenvalue weighted by atomic mass is 9.86. The van der Waals surface area contributed by atoms with E-state index in [1.807, 2.05) is 32.3 Å². The zero-order chi connectivity index (χ0) is 22.2. The monoisotopic (exact) mass is 419 g/mol. The first-order valence-electron chi connectivity index (χ1n) is 11.4. The molecular formula is C26H37N5. The van der Waals surface area contributed by atoms with Crippen LogP contribution in [0.1, 0.15) is 39.5 Å². The van der Waals surface area contributed by atoms with Crippen molar-refractivity contribution in [2.24, 2.45) is 5.92 Å². The Morgan fingerprint density at radius 3 is 2.58 bits per heavy atom. The van der Waals surface area contributed by atoms with E-state index in [1.54, 1.807) is 0 Å². The van der Waals surface area contributed by atoms with Gasteiger partial charge in [0.2, 0.25) is 5.95 Å². The molecule has 3 rings (SSSR count). The lowest BCUT2D eigenvalue weighted by molar-refractivity contribution is 0.327. The third-order valence-electron chi connectivity index (χ3n) is 6.05. The molecule has 1 aliphatic rings. The van der Waals surface area contributed by atoms with Crippen LogP contribution in [-0.2, 0) is 0 Å². The molecule has 1 aromatic heterocycles. The average molecular weight is 420 g/mol. The van der Waals surface area contributed by atoms with Crippen molar-refractivity contribution < 1.29 is 0 Å². The van der Waals surface area contributed by atoms with Gasteiger partial charge >= 0.3 is 0 Å². The summed E-state index contributed by atoms with van der Waals surface area (Å²) in [6, 6.07) is 8.65. The second-order valence-corrected chi connectivity index (χ2v) is 8.73. The van der Waals surface area contributed by atoms with Crippen LogP contribution in [0.4, 0.5) is 11.8 Å². The van der Waals surface area contributed by atoms with Gasteiger partial charge in [-0.25, -0.2) is 4.98 Å². The van der Waals surface area contributed by atoms with Crippen LogP contribution in [-0.4, -0.2) is 43.2 Å². The molecule has 0 atom stereocenters. The Hall–Kier alpha value is -2.66. The molecule has 1 saturated carbocycles. The van der Waals surface area contributed by atoms with Crippen molar-refractivity contribution in [1.82, 2.24) is 15.3 Å². The number of benzene rings is 1. The van der Waals surface area contributed by atoms with Gasteiger partial charge in [0.05, 0.1) is 5.52 Å². The standard InChI is InChI=1S/C26H37N5/c1-6-19(3)16-20(7-2)17-27-18-21-12-14-22(15-13-21)28-26-29-24-11-9-8-10-23(24)25(30-26)31(4)5/h6-11,16,21-22,27H,1,12-15,17-18H2,2-5H3,(H,28,29,30)/b19-16-,20-7+. The molecule has 1 fully saturated rings. The van der Waals surface area contributed by atoms with Crippen molar-refractivity contribution in [2.45, 2.75) is 45.6 Å². The summed E-state index contributed by atoms with van der Waals surface area (Å²) in [7, 11) is 4.06. The molecule has 1 aliphatic carbocycles. The maximum atomic E-state index is 4.80. The fourth-order valence-electron chi connectivity index (χ4n) is 4.17. The highest BCUT2D eigenvalue weighted by molar-refractivity contribution is 5.90. The van der Waals surface area contributed by atoms with E-state index in [9.17, 15) is 0 Å². The third-order valence-corrected chi connectivity index (χ3v) is 6.05. The molecule has 0 saturated heterocycles. The van der Waals surface area contributed by atoms with Crippen molar-refractivity contribution in [3.63, 3.8) is 0 Å². The van der Waals surface area contributed by atoms with Crippen LogP contribution in [0.2, 0.25) is 0 Å². The Labute approximate surface area is 187 Å². The molecule has 0 aliphatic heterocycles. The molecule has 0 amide bonds. The highest BCUT2D eigenvalue weighted by Crippen LogP contribution is 2.28. The van der Waals surface area contributed by atoms with Crippen LogP contribution in [0, 0.1) is 5.92 Å². The van der Waals surface area contributed by atoms with Gasteiger partial charge in [0.1, 0.15) is 5.82 Å². The zero-order valence-corrected chi connectivity index (χ0v) is 19.5. The van der Waals surface area contributed by atoms with Crippen molar-refractivity contribution in [2.75, 3.05) is 37.4 Å². The molecule has 1 aromatic carbocycles. The number of fused-ring (bicyclic) bond motifs is 1. The summed E-state index contributed by atoms with van der Waals surface area (Å²) in [4.78, 5) is 11.6. The van der Waals surface area contributed by atoms with E-state index in [0.717, 1.165) is 54.5 Å². The number of nitrogens with zero attached hydrogens (tertiary/aromatic N) is 3. The second-order valence-electron chi connectivity index (χ2n) is 8.73. The molecule has 5 heteroatoms. The molecule has 5 nitrogen and oxygen atoms in total. The number of aromatic nitrogens is 2. The minimum atomic E-state index is 0.441. The van der Waals surface area contributed by atoms with Gasteiger partial charge in [-0.1, -0.05) is 42.5 Å². The van der Waals surface area contributed by atoms with Gasteiger partial charge in [0.15, 0.2) is 0 Å². The summed E-state index contributed by atoms with van der Waals surface area (Å²) in [6.07, 6.45) is 11.0. The van der Waals surface area contributed by atoms with Gasteiger partial charge in [-0.2, -0.15) is 4.98 Å². The van der Waals surface area contributed by atoms with Crippen LogP contribution in [0.15, 0.2) is 60.2 Å². The van der Waals surface area contributed by atoms with Gasteiger partial charge in [-0.15, -0.1) is 0 Å². The summed E-state index contributed by atoms with van der Waals surface area (Å²) in [5.41, 5.74) is 3.51. The van der Waals surface area contributed by atoms with Gasteiger partial charge < -0.3 is 15.5 Å². The Morgan fingerprint density at radius 1 is 1.16 bits per heavy atom. The molecule has 0 unspecified atom stereocenters. The van der Waals surface area contributed by atoms with Crippen LogP contribution in [0.5, 0.6) is 0 Å². The van der Waals surface area contributed by atoms with E-state index in [4.69, 9.17) is 9.97 Å². The maximum absolute atomic E-state index is 4.80. The molecule has 31 heavy (non-hydrogen) atoms. The lowest BCUT2D eigenvalue weighted by Gasteiger charge is -2.29. The number of hydrogen-bond acceptors (Lipinski definition) is 5. The highest BCUT2D eigenvalue weighted by Gasteiger charge is 2.22. The SMILES string of the molecule is C=C/C(C)=C\C(=C/C)CNCC1CCC(Nc2nc(N(C)C)c3ccccc3n2)CC1. The van der Waals surface area contributed by atoms with Gasteiger partial charge in [0, 0.05) is 32.1 Å². The average Bonchev–Trinajstić information content (AvgIpc) is 2.78. The maximum Gasteiger partial charge on any atom is 0.225 e. The third kappa shape index (κ3) is 6.41. The first kappa shape index (κ1) is 23.0. The summed E-state index contributed by atoms with van der Waals surface area (Å²) in [5.74, 6) is 2.44. The Kier molecular flexibility index (Phi) is 8.24. The zero-order valence-electron chi connectivity index (χ0n) is 19.5. The minimum Gasteiger partial charge on any atom is -0.362 e. The van der Waals surface area contributed by atoms with Crippen molar-refractivity contribution in [1.29, 1.82) is 0 Å². The molecule has 0 spiro atoms. The largest absolute Gasteiger partial charge is 0.362 e. The molecule has 166 valence electrons. The van der Waals surface area contributed by atoms with E-state index >= 15 is 0 Å². The summed E-state index contributed by atoms with van der Waals surface area (Å²) in [5, 5.41) is 8.34. The van der Waals surface area contributed by atoms with Crippen LogP contribution in [0.25, 0.3) is 10.9 Å². The molecule has 0 radical (unpaired) electrons. The normalized spacial score (nSPS) is 20.0. The predicted octanol–water partition coefficient (Wildman–Crippen LogP) is 5.33. The van der Waals surface area contributed by atoms with Gasteiger partial charge in [0.25, 0.3) is 0 Å². The van der Waals surface area contributed by atoms with Gasteiger partial charge in [-0.3, -0.25) is 0 Å². The number of allylic oxidation sites excluding steroid dienone is 3. The predicted molar refractivity (Wildman–Crippen MR) is 134 cm³/mol. The Balaban J connectivity index is 1.51. The molecule has 0 bridgehead atoms. The second kappa shape index (κ2) is 11.1. The quantitative estimate of drug-likeness (QED) is 0.538. The van der Waals surface area contributed by atoms with Crippen molar-refractivity contribution in [3.8, 4) is 0 Å². The van der Waals surface area contributed by atoms with E-state index < -0.39 is 0 Å². The lowest BCUT2D eigenvalue weighted by Crippen LogP contribution is -2.32. The van der Waals surface area contributed by atoms with E-state index in [-0.39, 0.29) is 0 Å². The Morgan fingerprint density at radius 2 is 1.90 bits per heavy atom. The molecular weight excluding hydrogens is 382 g/mol.